The maximum Gasteiger partial charge on any atom is 0.227 e. The molecule has 2 rings (SSSR count). The summed E-state index contributed by atoms with van der Waals surface area (Å²) in [7, 11) is 3.44. The van der Waals surface area contributed by atoms with Gasteiger partial charge in [-0.25, -0.2) is 20.1 Å². The van der Waals surface area contributed by atoms with Crippen molar-refractivity contribution in [1.29, 1.82) is 0 Å². The fourth-order valence-corrected chi connectivity index (χ4v) is 1.60. The van der Waals surface area contributed by atoms with Crippen LogP contribution in [0.3, 0.4) is 0 Å². The third kappa shape index (κ3) is 2.07. The van der Waals surface area contributed by atoms with Crippen LogP contribution in [0.25, 0.3) is 0 Å². The topological polar surface area (TPSA) is 69.8 Å². The Bertz CT molecular complexity index is 479. The Balaban J connectivity index is 2.19. The number of halogens is 1. The van der Waals surface area contributed by atoms with Gasteiger partial charge in [-0.2, -0.15) is 5.10 Å². The van der Waals surface area contributed by atoms with Crippen molar-refractivity contribution >= 4 is 21.9 Å². The van der Waals surface area contributed by atoms with Gasteiger partial charge in [-0.15, -0.1) is 0 Å². The van der Waals surface area contributed by atoms with Crippen molar-refractivity contribution in [3.8, 4) is 0 Å². The number of anilines is 1. The normalized spacial score (nSPS) is 10.7. The van der Waals surface area contributed by atoms with E-state index in [0.717, 1.165) is 5.69 Å². The summed E-state index contributed by atoms with van der Waals surface area (Å²) in [5, 5.41) is 4.07. The van der Waals surface area contributed by atoms with Crippen molar-refractivity contribution < 1.29 is 4.84 Å². The highest BCUT2D eigenvalue weighted by molar-refractivity contribution is 9.10. The standard InChI is InChI=1S/C8H11BrN6O/c1-14-6(3-10-8(14)13-16-2)4-15-7(9)11-5-12-15/h3,5H,4H2,1-2H3,(H,10,13). The van der Waals surface area contributed by atoms with Crippen molar-refractivity contribution in [2.45, 2.75) is 6.54 Å². The number of nitrogens with one attached hydrogen (secondary N) is 1. The summed E-state index contributed by atoms with van der Waals surface area (Å²) in [4.78, 5) is 13.0. The lowest BCUT2D eigenvalue weighted by molar-refractivity contribution is 0.265. The molecule has 1 N–H and O–H groups in total. The van der Waals surface area contributed by atoms with Crippen molar-refractivity contribution in [3.63, 3.8) is 0 Å². The number of hydrogen-bond donors (Lipinski definition) is 1. The van der Waals surface area contributed by atoms with E-state index in [2.05, 4.69) is 36.5 Å². The summed E-state index contributed by atoms with van der Waals surface area (Å²) in [6.07, 6.45) is 3.25. The molecule has 0 saturated carbocycles. The molecule has 0 spiro atoms. The first-order valence-electron chi connectivity index (χ1n) is 4.55. The maximum atomic E-state index is 4.80. The van der Waals surface area contributed by atoms with Gasteiger partial charge in [0.05, 0.1) is 25.5 Å². The lowest BCUT2D eigenvalue weighted by atomic mass is 10.5. The van der Waals surface area contributed by atoms with E-state index in [1.54, 1.807) is 18.0 Å². The highest BCUT2D eigenvalue weighted by Crippen LogP contribution is 2.11. The van der Waals surface area contributed by atoms with Crippen LogP contribution in [0.4, 0.5) is 5.95 Å². The molecule has 0 radical (unpaired) electrons. The van der Waals surface area contributed by atoms with Crippen LogP contribution in [-0.4, -0.2) is 31.4 Å². The molecule has 86 valence electrons. The first kappa shape index (κ1) is 11.1. The average Bonchev–Trinajstić information content (AvgIpc) is 2.80. The smallest absolute Gasteiger partial charge is 0.227 e. The number of nitrogens with zero attached hydrogens (tertiary/aromatic N) is 5. The zero-order chi connectivity index (χ0) is 11.5. The van der Waals surface area contributed by atoms with E-state index < -0.39 is 0 Å². The highest BCUT2D eigenvalue weighted by Gasteiger charge is 2.08. The molecule has 16 heavy (non-hydrogen) atoms. The molecule has 0 aliphatic rings. The Hall–Kier alpha value is -1.41. The lowest BCUT2D eigenvalue weighted by Gasteiger charge is -2.06. The molecule has 7 nitrogen and oxygen atoms in total. The van der Waals surface area contributed by atoms with Crippen LogP contribution < -0.4 is 5.48 Å². The minimum Gasteiger partial charge on any atom is -0.314 e. The van der Waals surface area contributed by atoms with Crippen molar-refractivity contribution in [3.05, 3.63) is 23.0 Å². The van der Waals surface area contributed by atoms with Gasteiger partial charge in [-0.1, -0.05) is 0 Å². The van der Waals surface area contributed by atoms with Gasteiger partial charge in [0.2, 0.25) is 5.95 Å². The molecule has 0 amide bonds. The molecule has 0 aromatic carbocycles. The van der Waals surface area contributed by atoms with E-state index in [9.17, 15) is 0 Å². The van der Waals surface area contributed by atoms with Gasteiger partial charge in [0.25, 0.3) is 0 Å². The van der Waals surface area contributed by atoms with E-state index in [1.807, 2.05) is 11.6 Å². The van der Waals surface area contributed by atoms with Crippen LogP contribution in [-0.2, 0) is 18.4 Å². The third-order valence-corrected chi connectivity index (χ3v) is 2.77. The fourth-order valence-electron chi connectivity index (χ4n) is 1.29. The molecule has 0 fully saturated rings. The Kier molecular flexibility index (Phi) is 3.20. The minimum atomic E-state index is 0.593. The van der Waals surface area contributed by atoms with Gasteiger partial charge >= 0.3 is 0 Å². The predicted octanol–water partition coefficient (Wildman–Crippen LogP) is 0.796. The first-order chi connectivity index (χ1) is 7.72. The van der Waals surface area contributed by atoms with Crippen LogP contribution in [0.5, 0.6) is 0 Å². The summed E-state index contributed by atoms with van der Waals surface area (Å²) >= 11 is 3.31. The molecule has 8 heteroatoms. The van der Waals surface area contributed by atoms with Gasteiger partial charge in [0.15, 0.2) is 4.73 Å². The first-order valence-corrected chi connectivity index (χ1v) is 5.34. The largest absolute Gasteiger partial charge is 0.314 e. The Morgan fingerprint density at radius 3 is 2.94 bits per heavy atom. The molecule has 0 aliphatic heterocycles. The molecule has 0 saturated heterocycles. The van der Waals surface area contributed by atoms with E-state index in [0.29, 0.717) is 17.2 Å². The number of rotatable bonds is 4. The van der Waals surface area contributed by atoms with E-state index in [4.69, 9.17) is 4.84 Å². The predicted molar refractivity (Wildman–Crippen MR) is 60.7 cm³/mol. The average molecular weight is 287 g/mol. The van der Waals surface area contributed by atoms with Crippen molar-refractivity contribution in [1.82, 2.24) is 24.3 Å². The zero-order valence-corrected chi connectivity index (χ0v) is 10.5. The van der Waals surface area contributed by atoms with Gasteiger partial charge in [-0.3, -0.25) is 4.84 Å². The summed E-state index contributed by atoms with van der Waals surface area (Å²) in [6.45, 7) is 0.593. The molecule has 2 aromatic heterocycles. The van der Waals surface area contributed by atoms with Gasteiger partial charge in [-0.05, 0) is 15.9 Å². The third-order valence-electron chi connectivity index (χ3n) is 2.16. The SMILES string of the molecule is CONc1ncc(Cn2ncnc2Br)n1C. The maximum absolute atomic E-state index is 4.80. The second kappa shape index (κ2) is 4.62. The van der Waals surface area contributed by atoms with E-state index in [1.165, 1.54) is 6.33 Å². The van der Waals surface area contributed by atoms with Crippen LogP contribution in [0, 0.1) is 0 Å². The van der Waals surface area contributed by atoms with Crippen LogP contribution in [0.15, 0.2) is 17.3 Å². The summed E-state index contributed by atoms with van der Waals surface area (Å²) in [5.74, 6) is 0.647. The minimum absolute atomic E-state index is 0.593. The van der Waals surface area contributed by atoms with E-state index in [-0.39, 0.29) is 0 Å². The van der Waals surface area contributed by atoms with Crippen LogP contribution >= 0.6 is 15.9 Å². The molecular formula is C8H11BrN6O. The van der Waals surface area contributed by atoms with Gasteiger partial charge < -0.3 is 4.57 Å². The fraction of sp³-hybridized carbons (Fsp3) is 0.375. The quantitative estimate of drug-likeness (QED) is 0.842. The number of imidazole rings is 1. The van der Waals surface area contributed by atoms with Gasteiger partial charge in [0, 0.05) is 7.05 Å². The van der Waals surface area contributed by atoms with Crippen LogP contribution in [0.1, 0.15) is 5.69 Å². The van der Waals surface area contributed by atoms with Crippen molar-refractivity contribution in [2.24, 2.45) is 7.05 Å². The second-order valence-corrected chi connectivity index (χ2v) is 3.83. The van der Waals surface area contributed by atoms with Crippen molar-refractivity contribution in [2.75, 3.05) is 12.6 Å². The Labute approximate surface area is 101 Å². The molecule has 0 bridgehead atoms. The highest BCUT2D eigenvalue weighted by atomic mass is 79.9. The van der Waals surface area contributed by atoms with Crippen LogP contribution in [0.2, 0.25) is 0 Å². The lowest BCUT2D eigenvalue weighted by Crippen LogP contribution is -2.09. The molecule has 0 unspecified atom stereocenters. The summed E-state index contributed by atoms with van der Waals surface area (Å²) < 4.78 is 4.31. The summed E-state index contributed by atoms with van der Waals surface area (Å²) in [6, 6.07) is 0. The summed E-state index contributed by atoms with van der Waals surface area (Å²) in [5.41, 5.74) is 3.68. The number of aromatic nitrogens is 5. The molecule has 0 aliphatic carbocycles. The number of hydrogen-bond acceptors (Lipinski definition) is 5. The Morgan fingerprint density at radius 2 is 2.31 bits per heavy atom. The van der Waals surface area contributed by atoms with E-state index >= 15 is 0 Å². The molecule has 2 heterocycles. The monoisotopic (exact) mass is 286 g/mol. The molecular weight excluding hydrogens is 276 g/mol. The molecule has 2 aromatic rings. The van der Waals surface area contributed by atoms with Gasteiger partial charge in [0.1, 0.15) is 6.33 Å². The zero-order valence-electron chi connectivity index (χ0n) is 8.88. The molecule has 0 atom stereocenters. The second-order valence-electron chi connectivity index (χ2n) is 3.13. The Morgan fingerprint density at radius 1 is 1.50 bits per heavy atom.